The van der Waals surface area contributed by atoms with Crippen LogP contribution in [0.4, 0.5) is 0 Å². The van der Waals surface area contributed by atoms with E-state index < -0.39 is 0 Å². The Bertz CT molecular complexity index is 704. The number of hydrogen-bond acceptors (Lipinski definition) is 4. The molecule has 0 saturated heterocycles. The number of carbonyl (C=O) groups excluding carboxylic acids is 2. The van der Waals surface area contributed by atoms with Gasteiger partial charge in [0.05, 0.1) is 0 Å². The summed E-state index contributed by atoms with van der Waals surface area (Å²) in [6, 6.07) is 8.42. The Morgan fingerprint density at radius 3 is 1.68 bits per heavy atom. The standard InChI is InChI=1S/C16H12O2S2Se.CH4/c17-9-15-11(3-5-19-15)7-13-1-2-14(21-13)8-12-4-6-20-16(12)10-18;/h1-6,9-10H,7-8H2;1H4. The molecule has 3 aromatic rings. The number of aldehydes is 2. The first kappa shape index (κ1) is 17.1. The first-order chi connectivity index (χ1) is 10.3. The number of rotatable bonds is 6. The second-order valence-electron chi connectivity index (χ2n) is 4.58. The van der Waals surface area contributed by atoms with Crippen molar-refractivity contribution in [2.24, 2.45) is 0 Å². The molecule has 0 aliphatic rings. The molecule has 0 spiro atoms. The van der Waals surface area contributed by atoms with Gasteiger partial charge in [-0.1, -0.05) is 7.43 Å². The normalized spacial score (nSPS) is 10.2. The molecule has 0 aliphatic carbocycles. The van der Waals surface area contributed by atoms with Gasteiger partial charge in [0.2, 0.25) is 0 Å². The van der Waals surface area contributed by atoms with Crippen molar-refractivity contribution >= 4 is 49.7 Å². The van der Waals surface area contributed by atoms with Gasteiger partial charge < -0.3 is 0 Å². The van der Waals surface area contributed by atoms with Gasteiger partial charge in [-0.15, -0.1) is 0 Å². The first-order valence-corrected chi connectivity index (χ1v) is 9.88. The van der Waals surface area contributed by atoms with Crippen LogP contribution in [0.2, 0.25) is 0 Å². The molecule has 0 atom stereocenters. The van der Waals surface area contributed by atoms with Crippen LogP contribution in [0.1, 0.15) is 46.8 Å². The van der Waals surface area contributed by atoms with Gasteiger partial charge in [0.25, 0.3) is 0 Å². The minimum absolute atomic E-state index is 0. The van der Waals surface area contributed by atoms with Gasteiger partial charge in [-0.3, -0.25) is 0 Å². The van der Waals surface area contributed by atoms with Gasteiger partial charge in [0.1, 0.15) is 0 Å². The molecular weight excluding hydrogens is 379 g/mol. The van der Waals surface area contributed by atoms with E-state index in [1.807, 2.05) is 22.9 Å². The molecule has 22 heavy (non-hydrogen) atoms. The summed E-state index contributed by atoms with van der Waals surface area (Å²) >= 11 is 3.32. The van der Waals surface area contributed by atoms with Gasteiger partial charge in [-0.05, 0) is 0 Å². The number of thiophene rings is 2. The van der Waals surface area contributed by atoms with Crippen LogP contribution >= 0.6 is 22.7 Å². The zero-order valence-corrected chi connectivity index (χ0v) is 14.4. The average Bonchev–Trinajstić information content (AvgIpc) is 3.21. The molecule has 0 unspecified atom stereocenters. The second kappa shape index (κ2) is 7.84. The van der Waals surface area contributed by atoms with Crippen LogP contribution in [0.5, 0.6) is 0 Å². The monoisotopic (exact) mass is 396 g/mol. The molecule has 2 nitrogen and oxygen atoms in total. The Labute approximate surface area is 144 Å². The summed E-state index contributed by atoms with van der Waals surface area (Å²) in [7, 11) is 0. The van der Waals surface area contributed by atoms with Gasteiger partial charge in [-0.2, -0.15) is 0 Å². The summed E-state index contributed by atoms with van der Waals surface area (Å²) in [5.41, 5.74) is 2.25. The van der Waals surface area contributed by atoms with Crippen LogP contribution in [0.25, 0.3) is 0 Å². The quantitative estimate of drug-likeness (QED) is 0.460. The third kappa shape index (κ3) is 3.73. The second-order valence-corrected chi connectivity index (χ2v) is 9.10. The van der Waals surface area contributed by atoms with Crippen LogP contribution in [0.3, 0.4) is 0 Å². The van der Waals surface area contributed by atoms with Gasteiger partial charge in [-0.25, -0.2) is 0 Å². The maximum atomic E-state index is 11.0. The van der Waals surface area contributed by atoms with E-state index in [2.05, 4.69) is 12.1 Å². The van der Waals surface area contributed by atoms with Crippen molar-refractivity contribution in [2.45, 2.75) is 20.3 Å². The van der Waals surface area contributed by atoms with E-state index in [0.717, 1.165) is 46.3 Å². The molecule has 0 fully saturated rings. The van der Waals surface area contributed by atoms with Crippen LogP contribution in [0, 0.1) is 0 Å². The van der Waals surface area contributed by atoms with Crippen molar-refractivity contribution < 1.29 is 9.59 Å². The fourth-order valence-corrected chi connectivity index (χ4v) is 5.87. The number of carbonyl (C=O) groups is 2. The molecule has 0 N–H and O–H groups in total. The van der Waals surface area contributed by atoms with Gasteiger partial charge >= 0.3 is 137 Å². The average molecular weight is 395 g/mol. The molecule has 3 rings (SSSR count). The van der Waals surface area contributed by atoms with E-state index in [-0.39, 0.29) is 7.43 Å². The van der Waals surface area contributed by atoms with E-state index >= 15 is 0 Å². The van der Waals surface area contributed by atoms with Crippen LogP contribution in [-0.2, 0) is 12.8 Å². The van der Waals surface area contributed by atoms with Crippen molar-refractivity contribution in [3.63, 3.8) is 0 Å². The molecule has 0 saturated carbocycles. The van der Waals surface area contributed by atoms with Crippen LogP contribution in [0.15, 0.2) is 35.0 Å². The Kier molecular flexibility index (Phi) is 6.09. The van der Waals surface area contributed by atoms with E-state index in [9.17, 15) is 9.59 Å². The SMILES string of the molecule is C.O=Cc1sccc1Cc1ccc(Cc2ccsc2C=O)[se]1. The molecule has 0 bridgehead atoms. The van der Waals surface area contributed by atoms with Crippen molar-refractivity contribution in [1.29, 1.82) is 0 Å². The first-order valence-electron chi connectivity index (χ1n) is 6.41. The summed E-state index contributed by atoms with van der Waals surface area (Å²) in [5, 5.41) is 3.94. The molecule has 3 heterocycles. The maximum absolute atomic E-state index is 11.0. The Balaban J connectivity index is 0.00000176. The van der Waals surface area contributed by atoms with E-state index in [1.54, 1.807) is 0 Å². The van der Waals surface area contributed by atoms with Crippen LogP contribution < -0.4 is 0 Å². The fraction of sp³-hybridized carbons (Fsp3) is 0.176. The molecule has 5 heteroatoms. The van der Waals surface area contributed by atoms with E-state index in [0.29, 0.717) is 14.5 Å². The summed E-state index contributed by atoms with van der Waals surface area (Å²) in [6.07, 6.45) is 3.61. The minimum atomic E-state index is 0. The summed E-state index contributed by atoms with van der Waals surface area (Å²) in [5.74, 6) is 0. The van der Waals surface area contributed by atoms with Gasteiger partial charge in [0.15, 0.2) is 0 Å². The molecule has 114 valence electrons. The van der Waals surface area contributed by atoms with Crippen molar-refractivity contribution in [2.75, 3.05) is 0 Å². The Morgan fingerprint density at radius 1 is 0.818 bits per heavy atom. The van der Waals surface area contributed by atoms with Crippen LogP contribution in [-0.4, -0.2) is 27.1 Å². The zero-order chi connectivity index (χ0) is 14.7. The third-order valence-corrected chi connectivity index (χ3v) is 7.27. The fourth-order valence-electron chi connectivity index (χ4n) is 2.18. The predicted octanol–water partition coefficient (Wildman–Crippen LogP) is 4.31. The zero-order valence-electron chi connectivity index (χ0n) is 11.1. The van der Waals surface area contributed by atoms with E-state index in [4.69, 9.17) is 0 Å². The van der Waals surface area contributed by atoms with Crippen molar-refractivity contribution in [1.82, 2.24) is 0 Å². The predicted molar refractivity (Wildman–Crippen MR) is 95.1 cm³/mol. The molecular formula is C17H16O2S2Se. The topological polar surface area (TPSA) is 34.1 Å². The summed E-state index contributed by atoms with van der Waals surface area (Å²) in [4.78, 5) is 23.6. The number of hydrogen-bond donors (Lipinski definition) is 0. The molecule has 0 aromatic carbocycles. The molecule has 0 amide bonds. The molecule has 0 radical (unpaired) electrons. The van der Waals surface area contributed by atoms with E-state index in [1.165, 1.54) is 31.5 Å². The van der Waals surface area contributed by atoms with Gasteiger partial charge in [0, 0.05) is 0 Å². The molecule has 0 aliphatic heterocycles. The molecule has 3 aromatic heterocycles. The van der Waals surface area contributed by atoms with Crippen molar-refractivity contribution in [3.05, 3.63) is 64.8 Å². The summed E-state index contributed by atoms with van der Waals surface area (Å²) in [6.45, 7) is 0. The Morgan fingerprint density at radius 2 is 1.27 bits per heavy atom. The third-order valence-electron chi connectivity index (χ3n) is 3.22. The van der Waals surface area contributed by atoms with Crippen molar-refractivity contribution in [3.8, 4) is 0 Å². The Hall–Kier alpha value is -1.26. The summed E-state index contributed by atoms with van der Waals surface area (Å²) < 4.78 is 2.78.